The molecule has 0 bridgehead atoms. The van der Waals surface area contributed by atoms with Crippen LogP contribution in [0.1, 0.15) is 36.1 Å². The quantitative estimate of drug-likeness (QED) is 0.138. The monoisotopic (exact) mass is 706 g/mol. The van der Waals surface area contributed by atoms with Gasteiger partial charge in [0.2, 0.25) is 0 Å². The summed E-state index contributed by atoms with van der Waals surface area (Å²) in [5, 5.41) is 0. The number of hydrogen-bond donors (Lipinski definition) is 0. The van der Waals surface area contributed by atoms with Gasteiger partial charge in [0.1, 0.15) is 0 Å². The predicted molar refractivity (Wildman–Crippen MR) is 234 cm³/mol. The molecule has 0 saturated carbocycles. The van der Waals surface area contributed by atoms with E-state index in [0.29, 0.717) is 0 Å². The second kappa shape index (κ2) is 14.5. The zero-order valence-corrected chi connectivity index (χ0v) is 31.2. The first kappa shape index (κ1) is 33.9. The summed E-state index contributed by atoms with van der Waals surface area (Å²) in [7, 11) is 0. The SMILES string of the molecule is CC1(C)c2cc(/C=C/c3ccc(N(c4ccccc4)c4ccccc4)cc3)ccc2-c2ccc(N(c3ccccc3)c3ccc(-c4ccccc4)cc3)cc21. The van der Waals surface area contributed by atoms with E-state index in [1.807, 2.05) is 0 Å². The number of benzene rings is 8. The molecule has 0 aromatic heterocycles. The highest BCUT2D eigenvalue weighted by molar-refractivity contribution is 5.87. The Morgan fingerprint density at radius 3 is 1.24 bits per heavy atom. The Bertz CT molecular complexity index is 2530. The highest BCUT2D eigenvalue weighted by Crippen LogP contribution is 2.51. The summed E-state index contributed by atoms with van der Waals surface area (Å²) in [6, 6.07) is 74.0. The van der Waals surface area contributed by atoms with E-state index in [-0.39, 0.29) is 5.41 Å². The molecule has 8 aromatic rings. The normalized spacial score (nSPS) is 12.6. The number of hydrogen-bond acceptors (Lipinski definition) is 2. The van der Waals surface area contributed by atoms with E-state index in [1.165, 1.54) is 38.9 Å². The lowest BCUT2D eigenvalue weighted by Crippen LogP contribution is -2.16. The van der Waals surface area contributed by atoms with Gasteiger partial charge in [-0.3, -0.25) is 0 Å². The summed E-state index contributed by atoms with van der Waals surface area (Å²) in [5.41, 5.74) is 16.8. The van der Waals surface area contributed by atoms with Crippen molar-refractivity contribution in [3.63, 3.8) is 0 Å². The highest BCUT2D eigenvalue weighted by atomic mass is 15.1. The minimum absolute atomic E-state index is 0.163. The summed E-state index contributed by atoms with van der Waals surface area (Å²) >= 11 is 0. The molecule has 0 spiro atoms. The van der Waals surface area contributed by atoms with Crippen LogP contribution in [-0.4, -0.2) is 0 Å². The third kappa shape index (κ3) is 6.64. The second-order valence-electron chi connectivity index (χ2n) is 14.7. The molecule has 2 nitrogen and oxygen atoms in total. The standard InChI is InChI=1S/C53H42N2/c1-53(2)51-37-40(24-23-39-25-30-46(31-26-39)54(43-17-9-4-10-18-43)44-19-11-5-12-20-44)27-35-49(51)50-36-34-48(38-52(50)53)55(45-21-13-6-14-22-45)47-32-28-42(29-33-47)41-15-7-3-8-16-41/h3-38H,1-2H3/b24-23+. The van der Waals surface area contributed by atoms with E-state index in [1.54, 1.807) is 0 Å². The van der Waals surface area contributed by atoms with Crippen molar-refractivity contribution in [2.24, 2.45) is 0 Å². The number of anilines is 6. The molecule has 0 saturated heterocycles. The first-order chi connectivity index (χ1) is 27.0. The molecular weight excluding hydrogens is 665 g/mol. The Balaban J connectivity index is 0.993. The number of fused-ring (bicyclic) bond motifs is 3. The molecule has 2 heteroatoms. The van der Waals surface area contributed by atoms with Gasteiger partial charge in [0.15, 0.2) is 0 Å². The molecule has 264 valence electrons. The summed E-state index contributed by atoms with van der Waals surface area (Å²) in [6.45, 7) is 4.72. The van der Waals surface area contributed by atoms with Crippen LogP contribution in [0.3, 0.4) is 0 Å². The Morgan fingerprint density at radius 1 is 0.327 bits per heavy atom. The van der Waals surface area contributed by atoms with Gasteiger partial charge in [-0.25, -0.2) is 0 Å². The maximum atomic E-state index is 2.40. The molecule has 1 aliphatic rings. The van der Waals surface area contributed by atoms with Crippen LogP contribution in [0.4, 0.5) is 34.1 Å². The maximum absolute atomic E-state index is 2.40. The van der Waals surface area contributed by atoms with E-state index in [2.05, 4.69) is 242 Å². The Labute approximate surface area is 324 Å². The van der Waals surface area contributed by atoms with E-state index >= 15 is 0 Å². The van der Waals surface area contributed by atoms with Crippen LogP contribution < -0.4 is 9.80 Å². The number of para-hydroxylation sites is 3. The molecular formula is C53H42N2. The smallest absolute Gasteiger partial charge is 0.0465 e. The number of rotatable bonds is 9. The van der Waals surface area contributed by atoms with Crippen LogP contribution in [0, 0.1) is 0 Å². The van der Waals surface area contributed by atoms with Gasteiger partial charge in [0.25, 0.3) is 0 Å². The van der Waals surface area contributed by atoms with Crippen molar-refractivity contribution in [3.05, 3.63) is 229 Å². The van der Waals surface area contributed by atoms with Crippen molar-refractivity contribution in [2.45, 2.75) is 19.3 Å². The third-order valence-corrected chi connectivity index (χ3v) is 10.8. The fraction of sp³-hybridized carbons (Fsp3) is 0.0566. The third-order valence-electron chi connectivity index (χ3n) is 10.8. The Kier molecular flexibility index (Phi) is 8.94. The summed E-state index contributed by atoms with van der Waals surface area (Å²) in [4.78, 5) is 4.66. The molecule has 8 aromatic carbocycles. The van der Waals surface area contributed by atoms with Crippen LogP contribution in [0.5, 0.6) is 0 Å². The van der Waals surface area contributed by atoms with Crippen molar-refractivity contribution in [3.8, 4) is 22.3 Å². The van der Waals surface area contributed by atoms with Crippen molar-refractivity contribution in [1.82, 2.24) is 0 Å². The molecule has 9 rings (SSSR count). The molecule has 0 N–H and O–H groups in total. The summed E-state index contributed by atoms with van der Waals surface area (Å²) in [6.07, 6.45) is 4.46. The molecule has 1 aliphatic carbocycles. The molecule has 0 unspecified atom stereocenters. The van der Waals surface area contributed by atoms with E-state index in [0.717, 1.165) is 39.7 Å². The van der Waals surface area contributed by atoms with Crippen LogP contribution in [-0.2, 0) is 5.41 Å². The first-order valence-electron chi connectivity index (χ1n) is 19.0. The molecule has 0 atom stereocenters. The molecule has 0 amide bonds. The van der Waals surface area contributed by atoms with Crippen molar-refractivity contribution >= 4 is 46.3 Å². The van der Waals surface area contributed by atoms with Crippen molar-refractivity contribution < 1.29 is 0 Å². The van der Waals surface area contributed by atoms with Crippen LogP contribution in [0.25, 0.3) is 34.4 Å². The van der Waals surface area contributed by atoms with Crippen LogP contribution in [0.2, 0.25) is 0 Å². The lowest BCUT2D eigenvalue weighted by atomic mass is 9.81. The van der Waals surface area contributed by atoms with E-state index in [4.69, 9.17) is 0 Å². The van der Waals surface area contributed by atoms with Crippen molar-refractivity contribution in [1.29, 1.82) is 0 Å². The Hall–Kier alpha value is -6.90. The fourth-order valence-corrected chi connectivity index (χ4v) is 7.97. The molecule has 0 aliphatic heterocycles. The zero-order valence-electron chi connectivity index (χ0n) is 31.2. The summed E-state index contributed by atoms with van der Waals surface area (Å²) in [5.74, 6) is 0. The first-order valence-corrected chi connectivity index (χ1v) is 19.0. The van der Waals surface area contributed by atoms with E-state index in [9.17, 15) is 0 Å². The van der Waals surface area contributed by atoms with Crippen molar-refractivity contribution in [2.75, 3.05) is 9.80 Å². The minimum atomic E-state index is -0.163. The molecule has 0 fully saturated rings. The average Bonchev–Trinajstić information content (AvgIpc) is 3.47. The number of nitrogens with zero attached hydrogens (tertiary/aromatic N) is 2. The molecule has 0 heterocycles. The fourth-order valence-electron chi connectivity index (χ4n) is 7.97. The topological polar surface area (TPSA) is 6.48 Å². The predicted octanol–water partition coefficient (Wildman–Crippen LogP) is 14.8. The highest BCUT2D eigenvalue weighted by Gasteiger charge is 2.36. The largest absolute Gasteiger partial charge is 0.311 e. The van der Waals surface area contributed by atoms with Crippen LogP contribution >= 0.6 is 0 Å². The van der Waals surface area contributed by atoms with Gasteiger partial charge in [0.05, 0.1) is 0 Å². The lowest BCUT2D eigenvalue weighted by molar-refractivity contribution is 0.660. The van der Waals surface area contributed by atoms with Crippen LogP contribution in [0.15, 0.2) is 206 Å². The van der Waals surface area contributed by atoms with Gasteiger partial charge < -0.3 is 9.80 Å². The molecule has 0 radical (unpaired) electrons. The lowest BCUT2D eigenvalue weighted by Gasteiger charge is -2.28. The van der Waals surface area contributed by atoms with Gasteiger partial charge in [-0.1, -0.05) is 159 Å². The van der Waals surface area contributed by atoms with Gasteiger partial charge in [-0.05, 0) is 117 Å². The second-order valence-corrected chi connectivity index (χ2v) is 14.7. The molecule has 55 heavy (non-hydrogen) atoms. The zero-order chi connectivity index (χ0) is 37.2. The van der Waals surface area contributed by atoms with Gasteiger partial charge in [0, 0.05) is 39.5 Å². The van der Waals surface area contributed by atoms with Gasteiger partial charge in [-0.2, -0.15) is 0 Å². The summed E-state index contributed by atoms with van der Waals surface area (Å²) < 4.78 is 0. The maximum Gasteiger partial charge on any atom is 0.0465 e. The van der Waals surface area contributed by atoms with Gasteiger partial charge in [-0.15, -0.1) is 0 Å². The van der Waals surface area contributed by atoms with E-state index < -0.39 is 0 Å². The Morgan fingerprint density at radius 2 is 0.691 bits per heavy atom. The average molecular weight is 707 g/mol. The minimum Gasteiger partial charge on any atom is -0.311 e. The van der Waals surface area contributed by atoms with Gasteiger partial charge >= 0.3 is 0 Å².